The van der Waals surface area contributed by atoms with Crippen LogP contribution >= 0.6 is 0 Å². The minimum atomic E-state index is -0.920. The van der Waals surface area contributed by atoms with E-state index in [1.54, 1.807) is 12.2 Å². The van der Waals surface area contributed by atoms with E-state index >= 15 is 0 Å². The molecule has 1 rings (SSSR count). The number of allylic oxidation sites excluding steroid dienone is 2. The average molecular weight is 140 g/mol. The van der Waals surface area contributed by atoms with Crippen molar-refractivity contribution in [2.75, 3.05) is 7.11 Å². The Bertz CT molecular complexity index is 203. The molecule has 0 radical (unpaired) electrons. The van der Waals surface area contributed by atoms with E-state index in [1.165, 1.54) is 13.2 Å². The molecule has 1 atom stereocenters. The van der Waals surface area contributed by atoms with Gasteiger partial charge in [-0.25, -0.2) is 4.79 Å². The molecular weight excluding hydrogens is 132 g/mol. The Labute approximate surface area is 58.6 Å². The Morgan fingerprint density at radius 1 is 1.80 bits per heavy atom. The lowest BCUT2D eigenvalue weighted by molar-refractivity contribution is -0.133. The quantitative estimate of drug-likeness (QED) is 0.610. The summed E-state index contributed by atoms with van der Waals surface area (Å²) in [6.45, 7) is 0. The van der Waals surface area contributed by atoms with Crippen molar-refractivity contribution in [1.29, 1.82) is 0 Å². The molecule has 3 nitrogen and oxygen atoms in total. The molecule has 0 spiro atoms. The van der Waals surface area contributed by atoms with E-state index in [0.29, 0.717) is 5.57 Å². The maximum atomic E-state index is 10.4. The zero-order valence-electron chi connectivity index (χ0n) is 5.57. The summed E-state index contributed by atoms with van der Waals surface area (Å²) in [4.78, 5) is 10.4. The van der Waals surface area contributed by atoms with E-state index < -0.39 is 5.97 Å². The lowest BCUT2D eigenvalue weighted by atomic mass is 10.2. The van der Waals surface area contributed by atoms with Crippen LogP contribution in [0.1, 0.15) is 0 Å². The second kappa shape index (κ2) is 2.66. The third kappa shape index (κ3) is 1.09. The molecule has 0 fully saturated rings. The summed E-state index contributed by atoms with van der Waals surface area (Å²) in [6, 6.07) is 0. The summed E-state index contributed by atoms with van der Waals surface area (Å²) in [6.07, 6.45) is 4.55. The number of hydrogen-bond donors (Lipinski definition) is 1. The van der Waals surface area contributed by atoms with Gasteiger partial charge in [0.15, 0.2) is 0 Å². The summed E-state index contributed by atoms with van der Waals surface area (Å²) in [7, 11) is 1.48. The summed E-state index contributed by atoms with van der Waals surface area (Å²) in [5, 5.41) is 8.53. The molecule has 1 aliphatic carbocycles. The Kier molecular flexibility index (Phi) is 1.87. The van der Waals surface area contributed by atoms with Crippen molar-refractivity contribution in [2.24, 2.45) is 0 Å². The van der Waals surface area contributed by atoms with Crippen molar-refractivity contribution in [2.45, 2.75) is 6.10 Å². The van der Waals surface area contributed by atoms with Crippen LogP contribution in [0.25, 0.3) is 0 Å². The lowest BCUT2D eigenvalue weighted by Crippen LogP contribution is -2.14. The standard InChI is InChI=1S/C7H8O3/c1-10-6-4-2-3-5(6)7(8)9/h2-4,6H,1H3,(H,8,9). The highest BCUT2D eigenvalue weighted by Crippen LogP contribution is 2.14. The number of ether oxygens (including phenoxy) is 1. The fourth-order valence-electron chi connectivity index (χ4n) is 0.857. The Morgan fingerprint density at radius 2 is 2.50 bits per heavy atom. The van der Waals surface area contributed by atoms with Crippen LogP contribution in [-0.2, 0) is 9.53 Å². The van der Waals surface area contributed by atoms with Crippen molar-refractivity contribution in [1.82, 2.24) is 0 Å². The van der Waals surface area contributed by atoms with Crippen LogP contribution in [0.5, 0.6) is 0 Å². The van der Waals surface area contributed by atoms with Crippen molar-refractivity contribution >= 4 is 5.97 Å². The summed E-state index contributed by atoms with van der Waals surface area (Å²) >= 11 is 0. The van der Waals surface area contributed by atoms with E-state index in [-0.39, 0.29) is 6.10 Å². The predicted octanol–water partition coefficient (Wildman–Crippen LogP) is 0.582. The monoisotopic (exact) mass is 140 g/mol. The van der Waals surface area contributed by atoms with Gasteiger partial charge in [-0.1, -0.05) is 12.2 Å². The van der Waals surface area contributed by atoms with Crippen molar-refractivity contribution in [3.63, 3.8) is 0 Å². The number of carbonyl (C=O) groups is 1. The second-order valence-corrected chi connectivity index (χ2v) is 1.97. The van der Waals surface area contributed by atoms with Gasteiger partial charge < -0.3 is 9.84 Å². The fourth-order valence-corrected chi connectivity index (χ4v) is 0.857. The van der Waals surface area contributed by atoms with Crippen LogP contribution in [0.2, 0.25) is 0 Å². The SMILES string of the molecule is COC1C=CC=C1C(=O)O. The third-order valence-corrected chi connectivity index (χ3v) is 1.37. The lowest BCUT2D eigenvalue weighted by Gasteiger charge is -2.05. The molecule has 0 saturated heterocycles. The van der Waals surface area contributed by atoms with E-state index in [2.05, 4.69) is 0 Å². The highest BCUT2D eigenvalue weighted by molar-refractivity contribution is 5.89. The largest absolute Gasteiger partial charge is 0.478 e. The summed E-state index contributed by atoms with van der Waals surface area (Å²) < 4.78 is 4.85. The molecule has 0 aromatic heterocycles. The maximum Gasteiger partial charge on any atom is 0.334 e. The maximum absolute atomic E-state index is 10.4. The van der Waals surface area contributed by atoms with Gasteiger partial charge in [0.05, 0.1) is 5.57 Å². The number of hydrogen-bond acceptors (Lipinski definition) is 2. The Balaban J connectivity index is 2.71. The fraction of sp³-hybridized carbons (Fsp3) is 0.286. The van der Waals surface area contributed by atoms with Crippen LogP contribution < -0.4 is 0 Å². The Hall–Kier alpha value is -1.09. The van der Waals surface area contributed by atoms with Crippen LogP contribution in [0.15, 0.2) is 23.8 Å². The molecule has 0 amide bonds. The van der Waals surface area contributed by atoms with E-state index in [0.717, 1.165) is 0 Å². The van der Waals surface area contributed by atoms with Crippen LogP contribution in [0.3, 0.4) is 0 Å². The molecule has 10 heavy (non-hydrogen) atoms. The number of carboxylic acids is 1. The molecule has 0 aromatic carbocycles. The van der Waals surface area contributed by atoms with Gasteiger partial charge in [-0.3, -0.25) is 0 Å². The topological polar surface area (TPSA) is 46.5 Å². The van der Waals surface area contributed by atoms with E-state index in [1.807, 2.05) is 0 Å². The van der Waals surface area contributed by atoms with Crippen molar-refractivity contribution < 1.29 is 14.6 Å². The van der Waals surface area contributed by atoms with Crippen LogP contribution in [0.4, 0.5) is 0 Å². The molecule has 0 aromatic rings. The van der Waals surface area contributed by atoms with E-state index in [9.17, 15) is 4.79 Å². The van der Waals surface area contributed by atoms with Crippen LogP contribution in [0, 0.1) is 0 Å². The first-order valence-corrected chi connectivity index (χ1v) is 2.90. The number of rotatable bonds is 2. The molecule has 0 heterocycles. The van der Waals surface area contributed by atoms with E-state index in [4.69, 9.17) is 9.84 Å². The zero-order valence-corrected chi connectivity index (χ0v) is 5.57. The zero-order chi connectivity index (χ0) is 7.56. The molecule has 1 aliphatic rings. The van der Waals surface area contributed by atoms with Gasteiger partial charge in [-0.05, 0) is 6.08 Å². The Morgan fingerprint density at radius 3 is 2.90 bits per heavy atom. The first kappa shape index (κ1) is 7.02. The highest BCUT2D eigenvalue weighted by Gasteiger charge is 2.19. The van der Waals surface area contributed by atoms with Gasteiger partial charge in [0.2, 0.25) is 0 Å². The smallest absolute Gasteiger partial charge is 0.334 e. The molecule has 1 unspecified atom stereocenters. The molecule has 0 bridgehead atoms. The molecule has 0 aliphatic heterocycles. The minimum Gasteiger partial charge on any atom is -0.478 e. The normalized spacial score (nSPS) is 22.9. The van der Waals surface area contributed by atoms with Crippen molar-refractivity contribution in [3.8, 4) is 0 Å². The first-order valence-electron chi connectivity index (χ1n) is 2.90. The van der Waals surface area contributed by atoms with Crippen molar-refractivity contribution in [3.05, 3.63) is 23.8 Å². The summed E-state index contributed by atoms with van der Waals surface area (Å²) in [5.41, 5.74) is 0.294. The number of carboxylic acid groups (broad SMARTS) is 1. The van der Waals surface area contributed by atoms with Gasteiger partial charge in [0.1, 0.15) is 6.10 Å². The predicted molar refractivity (Wildman–Crippen MR) is 35.7 cm³/mol. The molecule has 54 valence electrons. The third-order valence-electron chi connectivity index (χ3n) is 1.37. The molecule has 0 saturated carbocycles. The van der Waals surface area contributed by atoms with Gasteiger partial charge in [-0.2, -0.15) is 0 Å². The minimum absolute atomic E-state index is 0.294. The van der Waals surface area contributed by atoms with Gasteiger partial charge >= 0.3 is 5.97 Å². The average Bonchev–Trinajstić information content (AvgIpc) is 2.33. The molecule has 3 heteroatoms. The number of aliphatic carboxylic acids is 1. The van der Waals surface area contributed by atoms with Gasteiger partial charge in [-0.15, -0.1) is 0 Å². The molecular formula is C7H8O3. The van der Waals surface area contributed by atoms with Gasteiger partial charge in [0.25, 0.3) is 0 Å². The van der Waals surface area contributed by atoms with Gasteiger partial charge in [0, 0.05) is 7.11 Å². The second-order valence-electron chi connectivity index (χ2n) is 1.97. The highest BCUT2D eigenvalue weighted by atomic mass is 16.5. The number of methoxy groups -OCH3 is 1. The molecule has 1 N–H and O–H groups in total. The summed E-state index contributed by atoms with van der Waals surface area (Å²) in [5.74, 6) is -0.920. The first-order chi connectivity index (χ1) is 4.75. The van der Waals surface area contributed by atoms with Crippen LogP contribution in [-0.4, -0.2) is 24.3 Å².